The molecule has 1 rings (SSSR count). The van der Waals surface area contributed by atoms with Crippen LogP contribution >= 0.6 is 0 Å². The van der Waals surface area contributed by atoms with Crippen LogP contribution < -0.4 is 4.74 Å². The molecule has 0 spiro atoms. The zero-order valence-corrected chi connectivity index (χ0v) is 8.17. The predicted molar refractivity (Wildman–Crippen MR) is 52.5 cm³/mol. The van der Waals surface area contributed by atoms with Crippen LogP contribution in [-0.4, -0.2) is 18.8 Å². The van der Waals surface area contributed by atoms with Crippen LogP contribution in [0.4, 0.5) is 8.78 Å². The van der Waals surface area contributed by atoms with Crippen LogP contribution in [0.25, 0.3) is 0 Å². The van der Waals surface area contributed by atoms with Crippen molar-refractivity contribution >= 4 is 5.78 Å². The van der Waals surface area contributed by atoms with Crippen LogP contribution in [0.1, 0.15) is 10.4 Å². The summed E-state index contributed by atoms with van der Waals surface area (Å²) in [5, 5.41) is 0. The van der Waals surface area contributed by atoms with Gasteiger partial charge in [-0.25, -0.2) is 0 Å². The van der Waals surface area contributed by atoms with E-state index < -0.39 is 11.7 Å². The van der Waals surface area contributed by atoms with Gasteiger partial charge in [-0.3, -0.25) is 4.79 Å². The lowest BCUT2D eigenvalue weighted by Gasteiger charge is -2.09. The van der Waals surface area contributed by atoms with E-state index in [1.807, 2.05) is 0 Å². The van der Waals surface area contributed by atoms with Crippen LogP contribution in [0.5, 0.6) is 5.75 Å². The molecule has 0 aliphatic carbocycles. The van der Waals surface area contributed by atoms with Gasteiger partial charge in [0, 0.05) is 5.56 Å². The van der Waals surface area contributed by atoms with E-state index in [1.165, 1.54) is 31.4 Å². The number of benzene rings is 1. The summed E-state index contributed by atoms with van der Waals surface area (Å²) in [6.07, 6.45) is 0.333. The maximum absolute atomic E-state index is 12.9. The Morgan fingerprint density at radius 1 is 1.40 bits per heavy atom. The van der Waals surface area contributed by atoms with Crippen molar-refractivity contribution in [3.05, 3.63) is 42.5 Å². The van der Waals surface area contributed by atoms with Gasteiger partial charge >= 0.3 is 5.92 Å². The first-order valence-electron chi connectivity index (χ1n) is 4.21. The van der Waals surface area contributed by atoms with Gasteiger partial charge in [0.1, 0.15) is 5.75 Å². The molecule has 0 saturated heterocycles. The lowest BCUT2D eigenvalue weighted by Crippen LogP contribution is -2.25. The first-order chi connectivity index (χ1) is 7.01. The summed E-state index contributed by atoms with van der Waals surface area (Å²) in [7, 11) is 1.45. The number of Topliss-reactive ketones (excluding diaryl/α,β-unsaturated/α-hetero) is 1. The van der Waals surface area contributed by atoms with Gasteiger partial charge < -0.3 is 4.74 Å². The smallest absolute Gasteiger partial charge is 0.327 e. The zero-order valence-electron chi connectivity index (χ0n) is 8.17. The maximum atomic E-state index is 12.9. The minimum Gasteiger partial charge on any atom is -0.497 e. The number of ketones is 1. The highest BCUT2D eigenvalue weighted by Gasteiger charge is 2.35. The monoisotopic (exact) mass is 212 g/mol. The summed E-state index contributed by atoms with van der Waals surface area (Å²) in [6.45, 7) is 2.92. The van der Waals surface area contributed by atoms with Gasteiger partial charge in [0.2, 0.25) is 5.78 Å². The average Bonchev–Trinajstić information content (AvgIpc) is 2.28. The van der Waals surface area contributed by atoms with Crippen molar-refractivity contribution in [3.63, 3.8) is 0 Å². The third-order valence-corrected chi connectivity index (χ3v) is 1.91. The molecule has 0 amide bonds. The Morgan fingerprint density at radius 3 is 2.33 bits per heavy atom. The van der Waals surface area contributed by atoms with Crippen molar-refractivity contribution in [3.8, 4) is 5.75 Å². The molecule has 0 atom stereocenters. The molecule has 80 valence electrons. The molecule has 0 heterocycles. The second-order valence-corrected chi connectivity index (χ2v) is 2.88. The Labute approximate surface area is 86.2 Å². The Hall–Kier alpha value is -1.71. The molecule has 1 aromatic rings. The molecule has 2 nitrogen and oxygen atoms in total. The predicted octanol–water partition coefficient (Wildman–Crippen LogP) is 2.70. The highest BCUT2D eigenvalue weighted by molar-refractivity contribution is 6.02. The zero-order chi connectivity index (χ0) is 11.5. The Balaban J connectivity index is 2.97. The molecule has 1 aromatic carbocycles. The fourth-order valence-electron chi connectivity index (χ4n) is 1.03. The molecule has 0 N–H and O–H groups in total. The van der Waals surface area contributed by atoms with Crippen LogP contribution in [0.2, 0.25) is 0 Å². The highest BCUT2D eigenvalue weighted by atomic mass is 19.3. The topological polar surface area (TPSA) is 26.3 Å². The van der Waals surface area contributed by atoms with Crippen LogP contribution in [0.15, 0.2) is 36.9 Å². The quantitative estimate of drug-likeness (QED) is 0.566. The number of carbonyl (C=O) groups is 1. The Morgan fingerprint density at radius 2 is 1.93 bits per heavy atom. The first kappa shape index (κ1) is 11.4. The van der Waals surface area contributed by atoms with E-state index in [2.05, 4.69) is 6.58 Å². The summed E-state index contributed by atoms with van der Waals surface area (Å²) >= 11 is 0. The molecule has 0 fully saturated rings. The molecule has 0 bridgehead atoms. The second-order valence-electron chi connectivity index (χ2n) is 2.88. The minimum atomic E-state index is -3.52. The maximum Gasteiger partial charge on any atom is 0.327 e. The molecule has 0 aromatic heterocycles. The average molecular weight is 212 g/mol. The minimum absolute atomic E-state index is 0.0688. The van der Waals surface area contributed by atoms with E-state index in [1.54, 1.807) is 0 Å². The normalized spacial score (nSPS) is 10.9. The number of ether oxygens (including phenoxy) is 1. The largest absolute Gasteiger partial charge is 0.497 e. The van der Waals surface area contributed by atoms with Gasteiger partial charge in [0.05, 0.1) is 7.11 Å². The molecule has 0 radical (unpaired) electrons. The number of allylic oxidation sites excluding steroid dienone is 1. The molecule has 0 unspecified atom stereocenters. The summed E-state index contributed by atoms with van der Waals surface area (Å²) in [5.74, 6) is -4.28. The fraction of sp³-hybridized carbons (Fsp3) is 0.182. The third-order valence-electron chi connectivity index (χ3n) is 1.91. The van der Waals surface area contributed by atoms with Crippen molar-refractivity contribution in [2.24, 2.45) is 0 Å². The van der Waals surface area contributed by atoms with Crippen molar-refractivity contribution < 1.29 is 18.3 Å². The van der Waals surface area contributed by atoms with Gasteiger partial charge in [0.15, 0.2) is 0 Å². The van der Waals surface area contributed by atoms with E-state index in [-0.39, 0.29) is 5.56 Å². The Kier molecular flexibility index (Phi) is 3.19. The number of methoxy groups -OCH3 is 1. The standard InChI is InChI=1S/C11H10F2O2/c1-3-11(12,13)10(14)8-4-6-9(15-2)7-5-8/h3-7H,1H2,2H3. The van der Waals surface area contributed by atoms with E-state index in [0.717, 1.165) is 0 Å². The number of hydrogen-bond acceptors (Lipinski definition) is 2. The molecule has 15 heavy (non-hydrogen) atoms. The van der Waals surface area contributed by atoms with E-state index >= 15 is 0 Å². The summed E-state index contributed by atoms with van der Waals surface area (Å²) in [6, 6.07) is 5.48. The van der Waals surface area contributed by atoms with Gasteiger partial charge in [-0.05, 0) is 30.3 Å². The van der Waals surface area contributed by atoms with Crippen molar-refractivity contribution in [2.45, 2.75) is 5.92 Å². The van der Waals surface area contributed by atoms with Crippen LogP contribution in [0, 0.1) is 0 Å². The Bertz CT molecular complexity index is 369. The number of hydrogen-bond donors (Lipinski definition) is 0. The lowest BCUT2D eigenvalue weighted by molar-refractivity contribution is 0.0383. The highest BCUT2D eigenvalue weighted by Crippen LogP contribution is 2.22. The molecule has 0 aliphatic rings. The van der Waals surface area contributed by atoms with Crippen molar-refractivity contribution in [2.75, 3.05) is 7.11 Å². The second kappa shape index (κ2) is 4.21. The van der Waals surface area contributed by atoms with Crippen molar-refractivity contribution in [1.29, 1.82) is 0 Å². The van der Waals surface area contributed by atoms with E-state index in [9.17, 15) is 13.6 Å². The van der Waals surface area contributed by atoms with Gasteiger partial charge in [-0.15, -0.1) is 0 Å². The first-order valence-corrected chi connectivity index (χ1v) is 4.21. The van der Waals surface area contributed by atoms with Gasteiger partial charge in [-0.1, -0.05) is 6.58 Å². The van der Waals surface area contributed by atoms with Crippen LogP contribution in [-0.2, 0) is 0 Å². The SMILES string of the molecule is C=CC(F)(F)C(=O)c1ccc(OC)cc1. The molecular weight excluding hydrogens is 202 g/mol. The number of rotatable bonds is 4. The van der Waals surface area contributed by atoms with Gasteiger partial charge in [-0.2, -0.15) is 8.78 Å². The number of alkyl halides is 2. The van der Waals surface area contributed by atoms with E-state index in [0.29, 0.717) is 11.8 Å². The molecular formula is C11H10F2O2. The summed E-state index contributed by atoms with van der Waals surface area (Å²) < 4.78 is 30.7. The lowest BCUT2D eigenvalue weighted by atomic mass is 10.1. The fourth-order valence-corrected chi connectivity index (χ4v) is 1.03. The molecule has 0 aliphatic heterocycles. The van der Waals surface area contributed by atoms with Crippen molar-refractivity contribution in [1.82, 2.24) is 0 Å². The van der Waals surface area contributed by atoms with Crippen LogP contribution in [0.3, 0.4) is 0 Å². The number of carbonyl (C=O) groups excluding carboxylic acids is 1. The molecule has 4 heteroatoms. The molecule has 0 saturated carbocycles. The third kappa shape index (κ3) is 2.40. The summed E-state index contributed by atoms with van der Waals surface area (Å²) in [5.41, 5.74) is -0.0688. The summed E-state index contributed by atoms with van der Waals surface area (Å²) in [4.78, 5) is 11.2. The van der Waals surface area contributed by atoms with Gasteiger partial charge in [0.25, 0.3) is 0 Å². The van der Waals surface area contributed by atoms with E-state index in [4.69, 9.17) is 4.74 Å². The number of halogens is 2.